The number of ether oxygens (including phenoxy) is 1. The molecule has 1 aromatic carbocycles. The summed E-state index contributed by atoms with van der Waals surface area (Å²) in [6, 6.07) is 15.0. The quantitative estimate of drug-likeness (QED) is 0.201. The van der Waals surface area contributed by atoms with Gasteiger partial charge in [0.2, 0.25) is 0 Å². The van der Waals surface area contributed by atoms with Crippen molar-refractivity contribution in [3.8, 4) is 0 Å². The molecule has 2 aromatic rings. The lowest BCUT2D eigenvalue weighted by molar-refractivity contribution is 0.0177. The van der Waals surface area contributed by atoms with E-state index in [2.05, 4.69) is 55.5 Å². The number of halogens is 1. The van der Waals surface area contributed by atoms with E-state index in [9.17, 15) is 0 Å². The number of nitrogens with zero attached hydrogens (tertiary/aromatic N) is 2. The Morgan fingerprint density at radius 1 is 1.10 bits per heavy atom. The van der Waals surface area contributed by atoms with E-state index < -0.39 is 0 Å². The lowest BCUT2D eigenvalue weighted by atomic mass is 10.2. The second kappa shape index (κ2) is 13.8. The zero-order valence-corrected chi connectivity index (χ0v) is 20.1. The van der Waals surface area contributed by atoms with Crippen LogP contribution in [-0.2, 0) is 4.74 Å². The molecule has 8 heteroatoms. The third-order valence-electron chi connectivity index (χ3n) is 4.79. The predicted molar refractivity (Wildman–Crippen MR) is 134 cm³/mol. The van der Waals surface area contributed by atoms with Gasteiger partial charge in [-0.05, 0) is 30.0 Å². The minimum atomic E-state index is 0. The van der Waals surface area contributed by atoms with Gasteiger partial charge >= 0.3 is 0 Å². The van der Waals surface area contributed by atoms with E-state index >= 15 is 0 Å². The smallest absolute Gasteiger partial charge is 0.191 e. The van der Waals surface area contributed by atoms with E-state index in [1.54, 1.807) is 0 Å². The molecule has 3 rings (SSSR count). The summed E-state index contributed by atoms with van der Waals surface area (Å²) in [7, 11) is 1.83. The fourth-order valence-electron chi connectivity index (χ4n) is 3.28. The molecule has 1 aliphatic rings. The fraction of sp³-hybridized carbons (Fsp3) is 0.476. The summed E-state index contributed by atoms with van der Waals surface area (Å²) < 4.78 is 5.52. The van der Waals surface area contributed by atoms with Crippen molar-refractivity contribution >= 4 is 47.0 Å². The van der Waals surface area contributed by atoms with Gasteiger partial charge in [0.15, 0.2) is 5.96 Å². The summed E-state index contributed by atoms with van der Waals surface area (Å²) in [5, 5.41) is 12.5. The molecule has 1 saturated heterocycles. The molecule has 1 fully saturated rings. The Hall–Kier alpha value is -1.36. The number of aliphatic imine (C=N–C) groups is 1. The van der Waals surface area contributed by atoms with Gasteiger partial charge in [0, 0.05) is 50.3 Å². The molecule has 3 N–H and O–H groups in total. The summed E-state index contributed by atoms with van der Waals surface area (Å²) in [5.41, 5.74) is 1.16. The number of anilines is 1. The van der Waals surface area contributed by atoms with Gasteiger partial charge in [0.1, 0.15) is 0 Å². The van der Waals surface area contributed by atoms with Crippen molar-refractivity contribution in [2.24, 2.45) is 4.99 Å². The molecule has 1 unspecified atom stereocenters. The van der Waals surface area contributed by atoms with E-state index in [1.807, 2.05) is 36.6 Å². The Balaban J connectivity index is 0.00000300. The number of nitrogens with one attached hydrogen (secondary N) is 3. The lowest BCUT2D eigenvalue weighted by Gasteiger charge is -2.34. The van der Waals surface area contributed by atoms with E-state index in [4.69, 9.17) is 4.74 Å². The summed E-state index contributed by atoms with van der Waals surface area (Å²) in [4.78, 5) is 8.26. The molecule has 160 valence electrons. The number of para-hydroxylation sites is 1. The molecular formula is C21H32IN5OS. The Bertz CT molecular complexity index is 692. The average Bonchev–Trinajstić information content (AvgIpc) is 3.28. The van der Waals surface area contributed by atoms with Gasteiger partial charge < -0.3 is 20.7 Å². The van der Waals surface area contributed by atoms with E-state index in [-0.39, 0.29) is 24.0 Å². The van der Waals surface area contributed by atoms with Crippen molar-refractivity contribution in [2.45, 2.75) is 12.5 Å². The first-order valence-corrected chi connectivity index (χ1v) is 10.8. The van der Waals surface area contributed by atoms with Crippen molar-refractivity contribution in [3.63, 3.8) is 0 Å². The first-order chi connectivity index (χ1) is 13.9. The number of thiophene rings is 1. The SMILES string of the molecule is CN=C(NCCCNc1ccccc1)NCC(c1cccs1)N1CCOCC1.I. The molecule has 0 saturated carbocycles. The standard InChI is InChI=1S/C21H31N5OS.HI/c1-22-21(24-11-6-10-23-18-7-3-2-4-8-18)25-17-19(20-9-5-16-28-20)26-12-14-27-15-13-26;/h2-5,7-9,16,19,23H,6,10-15,17H2,1H3,(H2,22,24,25);1H. The van der Waals surface area contributed by atoms with E-state index in [0.29, 0.717) is 6.04 Å². The van der Waals surface area contributed by atoms with Crippen molar-refractivity contribution in [1.29, 1.82) is 0 Å². The third kappa shape index (κ3) is 8.12. The van der Waals surface area contributed by atoms with Crippen LogP contribution in [0.4, 0.5) is 5.69 Å². The number of hydrogen-bond donors (Lipinski definition) is 3. The molecular weight excluding hydrogens is 497 g/mol. The average molecular weight is 529 g/mol. The van der Waals surface area contributed by atoms with Crippen LogP contribution in [0.25, 0.3) is 0 Å². The Kier molecular flexibility index (Phi) is 11.4. The van der Waals surface area contributed by atoms with Crippen LogP contribution in [0.15, 0.2) is 52.8 Å². The zero-order chi connectivity index (χ0) is 19.4. The topological polar surface area (TPSA) is 60.9 Å². The lowest BCUT2D eigenvalue weighted by Crippen LogP contribution is -2.46. The number of guanidine groups is 1. The van der Waals surface area contributed by atoms with Crippen molar-refractivity contribution < 1.29 is 4.74 Å². The maximum Gasteiger partial charge on any atom is 0.191 e. The Morgan fingerprint density at radius 2 is 1.90 bits per heavy atom. The summed E-state index contributed by atoms with van der Waals surface area (Å²) in [5.74, 6) is 0.856. The fourth-order valence-corrected chi connectivity index (χ4v) is 4.14. The molecule has 1 atom stereocenters. The number of benzene rings is 1. The van der Waals surface area contributed by atoms with Crippen LogP contribution in [-0.4, -0.2) is 63.8 Å². The summed E-state index contributed by atoms with van der Waals surface area (Å²) in [6.45, 7) is 6.21. The van der Waals surface area contributed by atoms with Crippen LogP contribution < -0.4 is 16.0 Å². The Labute approximate surface area is 195 Å². The van der Waals surface area contributed by atoms with Gasteiger partial charge in [-0.2, -0.15) is 0 Å². The minimum Gasteiger partial charge on any atom is -0.385 e. The van der Waals surface area contributed by atoms with Gasteiger partial charge in [-0.1, -0.05) is 24.3 Å². The van der Waals surface area contributed by atoms with Crippen LogP contribution in [0.5, 0.6) is 0 Å². The monoisotopic (exact) mass is 529 g/mol. The largest absolute Gasteiger partial charge is 0.385 e. The third-order valence-corrected chi connectivity index (χ3v) is 5.77. The van der Waals surface area contributed by atoms with E-state index in [0.717, 1.165) is 64.0 Å². The predicted octanol–water partition coefficient (Wildman–Crippen LogP) is 3.41. The number of morpholine rings is 1. The molecule has 29 heavy (non-hydrogen) atoms. The van der Waals surface area contributed by atoms with Gasteiger partial charge in [0.25, 0.3) is 0 Å². The van der Waals surface area contributed by atoms with Gasteiger partial charge in [0.05, 0.1) is 19.3 Å². The molecule has 2 heterocycles. The van der Waals surface area contributed by atoms with Gasteiger partial charge in [-0.15, -0.1) is 35.3 Å². The second-order valence-corrected chi connectivity index (χ2v) is 7.69. The van der Waals surface area contributed by atoms with Crippen LogP contribution in [0.1, 0.15) is 17.3 Å². The minimum absolute atomic E-state index is 0. The summed E-state index contributed by atoms with van der Waals surface area (Å²) in [6.07, 6.45) is 1.02. The highest BCUT2D eigenvalue weighted by Crippen LogP contribution is 2.25. The molecule has 6 nitrogen and oxygen atoms in total. The normalized spacial score (nSPS) is 16.0. The summed E-state index contributed by atoms with van der Waals surface area (Å²) >= 11 is 1.82. The van der Waals surface area contributed by atoms with Gasteiger partial charge in [-0.25, -0.2) is 0 Å². The molecule has 1 aromatic heterocycles. The molecule has 0 bridgehead atoms. The van der Waals surface area contributed by atoms with E-state index in [1.165, 1.54) is 4.88 Å². The van der Waals surface area contributed by atoms with Crippen molar-refractivity contribution in [3.05, 3.63) is 52.7 Å². The highest BCUT2D eigenvalue weighted by molar-refractivity contribution is 14.0. The van der Waals surface area contributed by atoms with Gasteiger partial charge in [-0.3, -0.25) is 9.89 Å². The number of rotatable bonds is 9. The highest BCUT2D eigenvalue weighted by atomic mass is 127. The highest BCUT2D eigenvalue weighted by Gasteiger charge is 2.23. The molecule has 1 aliphatic heterocycles. The maximum atomic E-state index is 5.52. The molecule has 0 radical (unpaired) electrons. The maximum absolute atomic E-state index is 5.52. The second-order valence-electron chi connectivity index (χ2n) is 6.71. The molecule has 0 amide bonds. The first kappa shape index (κ1) is 23.9. The number of hydrogen-bond acceptors (Lipinski definition) is 5. The van der Waals surface area contributed by atoms with Crippen LogP contribution in [0.2, 0.25) is 0 Å². The Morgan fingerprint density at radius 3 is 2.59 bits per heavy atom. The van der Waals surface area contributed by atoms with Crippen LogP contribution in [0, 0.1) is 0 Å². The first-order valence-electron chi connectivity index (χ1n) is 9.95. The van der Waals surface area contributed by atoms with Crippen molar-refractivity contribution in [1.82, 2.24) is 15.5 Å². The van der Waals surface area contributed by atoms with Crippen LogP contribution >= 0.6 is 35.3 Å². The molecule has 0 aliphatic carbocycles. The van der Waals surface area contributed by atoms with Crippen molar-refractivity contribution in [2.75, 3.05) is 58.3 Å². The molecule has 0 spiro atoms. The van der Waals surface area contributed by atoms with Crippen LogP contribution in [0.3, 0.4) is 0 Å². The zero-order valence-electron chi connectivity index (χ0n) is 17.0.